The van der Waals surface area contributed by atoms with Crippen LogP contribution in [0.15, 0.2) is 0 Å². The van der Waals surface area contributed by atoms with E-state index in [-0.39, 0.29) is 0 Å². The summed E-state index contributed by atoms with van der Waals surface area (Å²) in [7, 11) is 0. The van der Waals surface area contributed by atoms with E-state index in [4.69, 9.17) is 4.74 Å². The van der Waals surface area contributed by atoms with Gasteiger partial charge >= 0.3 is 0 Å². The molecule has 0 unspecified atom stereocenters. The lowest BCUT2D eigenvalue weighted by Crippen LogP contribution is -2.32. The van der Waals surface area contributed by atoms with Crippen LogP contribution in [0.5, 0.6) is 5.75 Å². The molecular weight excluding hydrogens is 292 g/mol. The minimum atomic E-state index is 0.334. The monoisotopic (exact) mass is 332 g/mol. The Kier molecular flexibility index (Phi) is 6.58. The molecule has 0 aliphatic heterocycles. The van der Waals surface area contributed by atoms with Crippen molar-refractivity contribution in [3.63, 3.8) is 0 Å². The summed E-state index contributed by atoms with van der Waals surface area (Å²) in [6, 6.07) is 0. The second-order valence-corrected chi connectivity index (χ2v) is 9.73. The van der Waals surface area contributed by atoms with Gasteiger partial charge in [0.15, 0.2) is 0 Å². The van der Waals surface area contributed by atoms with E-state index in [1.54, 1.807) is 0 Å². The summed E-state index contributed by atoms with van der Waals surface area (Å²) in [5, 5.41) is 0. The Hall–Kier alpha value is -0.980. The first-order chi connectivity index (χ1) is 10.8. The molecule has 0 bridgehead atoms. The third-order valence-corrected chi connectivity index (χ3v) is 5.91. The summed E-state index contributed by atoms with van der Waals surface area (Å²) < 4.78 is 6.26. The molecule has 1 heteroatoms. The maximum atomic E-state index is 6.26. The van der Waals surface area contributed by atoms with Gasteiger partial charge in [-0.1, -0.05) is 41.5 Å². The molecule has 0 saturated heterocycles. The van der Waals surface area contributed by atoms with Crippen LogP contribution in [0.1, 0.15) is 82.2 Å². The van der Waals surface area contributed by atoms with Crippen LogP contribution in [0, 0.1) is 51.4 Å². The van der Waals surface area contributed by atoms with Crippen LogP contribution in [0.2, 0.25) is 0 Å². The molecule has 0 atom stereocenters. The van der Waals surface area contributed by atoms with E-state index in [1.165, 1.54) is 34.2 Å². The zero-order valence-corrected chi connectivity index (χ0v) is 18.1. The van der Waals surface area contributed by atoms with Gasteiger partial charge in [0.1, 0.15) is 5.75 Å². The third kappa shape index (κ3) is 4.77. The molecule has 1 rings (SSSR count). The van der Waals surface area contributed by atoms with E-state index < -0.39 is 0 Å². The summed E-state index contributed by atoms with van der Waals surface area (Å²) in [6.07, 6.45) is 2.33. The smallest absolute Gasteiger partial charge is 0.125 e. The normalized spacial score (nSPS) is 12.8. The standard InChI is InChI=1S/C23H40O/c1-15-16(2)18(4)21(19(5)17(15)3)24-14-12-13-20(22(6,7)8)23(9,10)11/h20H,12-14H2,1-11H3. The fourth-order valence-electron chi connectivity index (χ4n) is 4.31. The largest absolute Gasteiger partial charge is 0.493 e. The molecule has 0 amide bonds. The molecule has 0 saturated carbocycles. The first-order valence-electron chi connectivity index (χ1n) is 9.48. The van der Waals surface area contributed by atoms with Crippen LogP contribution in [0.4, 0.5) is 0 Å². The highest BCUT2D eigenvalue weighted by molar-refractivity contribution is 5.53. The molecule has 1 aromatic carbocycles. The number of rotatable bonds is 5. The highest BCUT2D eigenvalue weighted by Gasteiger charge is 2.34. The van der Waals surface area contributed by atoms with Gasteiger partial charge in [0.2, 0.25) is 0 Å². The quantitative estimate of drug-likeness (QED) is 0.523. The average Bonchev–Trinajstić information content (AvgIpc) is 2.43. The van der Waals surface area contributed by atoms with Gasteiger partial charge in [0.25, 0.3) is 0 Å². The Morgan fingerprint density at radius 2 is 1.04 bits per heavy atom. The number of benzene rings is 1. The van der Waals surface area contributed by atoms with Crippen LogP contribution < -0.4 is 4.74 Å². The highest BCUT2D eigenvalue weighted by atomic mass is 16.5. The van der Waals surface area contributed by atoms with E-state index in [1.807, 2.05) is 0 Å². The maximum Gasteiger partial charge on any atom is 0.125 e. The van der Waals surface area contributed by atoms with Crippen molar-refractivity contribution < 1.29 is 4.74 Å². The Bertz CT molecular complexity index is 524. The van der Waals surface area contributed by atoms with E-state index in [0.29, 0.717) is 16.7 Å². The van der Waals surface area contributed by atoms with Gasteiger partial charge in [0.05, 0.1) is 6.61 Å². The van der Waals surface area contributed by atoms with Gasteiger partial charge in [0, 0.05) is 0 Å². The minimum absolute atomic E-state index is 0.334. The lowest BCUT2D eigenvalue weighted by Gasteiger charge is -2.41. The van der Waals surface area contributed by atoms with Crippen molar-refractivity contribution in [2.45, 2.75) is 89.0 Å². The maximum absolute atomic E-state index is 6.26. The van der Waals surface area contributed by atoms with Crippen LogP contribution in [0.3, 0.4) is 0 Å². The van der Waals surface area contributed by atoms with Crippen molar-refractivity contribution >= 4 is 0 Å². The first kappa shape index (κ1) is 21.1. The van der Waals surface area contributed by atoms with Crippen LogP contribution in [0.25, 0.3) is 0 Å². The zero-order chi connectivity index (χ0) is 18.9. The minimum Gasteiger partial charge on any atom is -0.493 e. The van der Waals surface area contributed by atoms with Gasteiger partial charge < -0.3 is 4.74 Å². The van der Waals surface area contributed by atoms with Gasteiger partial charge in [-0.3, -0.25) is 0 Å². The van der Waals surface area contributed by atoms with E-state index in [0.717, 1.165) is 18.8 Å². The Balaban J connectivity index is 2.79. The molecule has 0 fully saturated rings. The molecular formula is C23H40O. The number of hydrogen-bond acceptors (Lipinski definition) is 1. The molecule has 0 spiro atoms. The number of hydrogen-bond donors (Lipinski definition) is 0. The molecule has 0 heterocycles. The topological polar surface area (TPSA) is 9.23 Å². The first-order valence-corrected chi connectivity index (χ1v) is 9.48. The summed E-state index contributed by atoms with van der Waals surface area (Å²) in [6.45, 7) is 26.0. The predicted octanol–water partition coefficient (Wildman–Crippen LogP) is 7.10. The van der Waals surface area contributed by atoms with Crippen molar-refractivity contribution in [1.82, 2.24) is 0 Å². The van der Waals surface area contributed by atoms with Crippen molar-refractivity contribution in [2.75, 3.05) is 6.61 Å². The van der Waals surface area contributed by atoms with Crippen molar-refractivity contribution in [1.29, 1.82) is 0 Å². The second kappa shape index (κ2) is 7.50. The van der Waals surface area contributed by atoms with Crippen molar-refractivity contribution in [2.24, 2.45) is 16.7 Å². The third-order valence-electron chi connectivity index (χ3n) is 5.91. The summed E-state index contributed by atoms with van der Waals surface area (Å²) in [5.41, 5.74) is 7.42. The summed E-state index contributed by atoms with van der Waals surface area (Å²) in [5.74, 6) is 1.80. The molecule has 1 aromatic rings. The molecule has 24 heavy (non-hydrogen) atoms. The van der Waals surface area contributed by atoms with E-state index in [2.05, 4.69) is 76.2 Å². The molecule has 0 aromatic heterocycles. The lowest BCUT2D eigenvalue weighted by molar-refractivity contribution is 0.0857. The highest BCUT2D eigenvalue weighted by Crippen LogP contribution is 2.42. The van der Waals surface area contributed by atoms with E-state index in [9.17, 15) is 0 Å². The molecule has 0 N–H and O–H groups in total. The Morgan fingerprint density at radius 1 is 0.667 bits per heavy atom. The molecule has 0 aliphatic rings. The lowest BCUT2D eigenvalue weighted by atomic mass is 9.65. The van der Waals surface area contributed by atoms with E-state index >= 15 is 0 Å². The van der Waals surface area contributed by atoms with Crippen LogP contribution >= 0.6 is 0 Å². The Morgan fingerprint density at radius 3 is 1.42 bits per heavy atom. The van der Waals surface area contributed by atoms with Gasteiger partial charge in [-0.2, -0.15) is 0 Å². The van der Waals surface area contributed by atoms with Gasteiger partial charge in [-0.05, 0) is 92.0 Å². The molecule has 1 nitrogen and oxygen atoms in total. The summed E-state index contributed by atoms with van der Waals surface area (Å²) >= 11 is 0. The zero-order valence-electron chi connectivity index (χ0n) is 18.1. The molecule has 138 valence electrons. The second-order valence-electron chi connectivity index (χ2n) is 9.73. The fourth-order valence-corrected chi connectivity index (χ4v) is 4.31. The predicted molar refractivity (Wildman–Crippen MR) is 107 cm³/mol. The number of ether oxygens (including phenoxy) is 1. The van der Waals surface area contributed by atoms with Crippen LogP contribution in [-0.2, 0) is 0 Å². The average molecular weight is 333 g/mol. The van der Waals surface area contributed by atoms with Crippen molar-refractivity contribution in [3.8, 4) is 5.75 Å². The molecule has 0 radical (unpaired) electrons. The molecule has 0 aliphatic carbocycles. The van der Waals surface area contributed by atoms with Gasteiger partial charge in [-0.15, -0.1) is 0 Å². The summed E-state index contributed by atoms with van der Waals surface area (Å²) in [4.78, 5) is 0. The Labute approximate surface area is 151 Å². The van der Waals surface area contributed by atoms with Crippen molar-refractivity contribution in [3.05, 3.63) is 27.8 Å². The van der Waals surface area contributed by atoms with Gasteiger partial charge in [-0.25, -0.2) is 0 Å². The fraction of sp³-hybridized carbons (Fsp3) is 0.739. The van der Waals surface area contributed by atoms with Crippen LogP contribution in [-0.4, -0.2) is 6.61 Å². The SMILES string of the molecule is Cc1c(C)c(C)c(OCCCC(C(C)(C)C)C(C)(C)C)c(C)c1C.